The van der Waals surface area contributed by atoms with Gasteiger partial charge in [0.25, 0.3) is 0 Å². The van der Waals surface area contributed by atoms with Crippen LogP contribution in [0.1, 0.15) is 44.8 Å². The summed E-state index contributed by atoms with van der Waals surface area (Å²) in [6, 6.07) is 5.28. The van der Waals surface area contributed by atoms with Crippen LogP contribution >= 0.6 is 0 Å². The van der Waals surface area contributed by atoms with Crippen molar-refractivity contribution in [3.63, 3.8) is 0 Å². The van der Waals surface area contributed by atoms with E-state index in [0.717, 1.165) is 18.7 Å². The van der Waals surface area contributed by atoms with E-state index in [4.69, 9.17) is 4.42 Å². The molecule has 0 aliphatic carbocycles. The second kappa shape index (κ2) is 7.59. The van der Waals surface area contributed by atoms with E-state index in [1.807, 2.05) is 12.1 Å². The van der Waals surface area contributed by atoms with Crippen LogP contribution in [0, 0.1) is 0 Å². The standard InChI is InChI=1S/C15H26N2O/c1-13(12-14-6-3-2-4-9-17-14)16-10-8-15-7-5-11-18-15/h5,7,11,13-14,16-17H,2-4,6,8-10,12H2,1H3. The smallest absolute Gasteiger partial charge is 0.105 e. The van der Waals surface area contributed by atoms with Crippen LogP contribution in [0.3, 0.4) is 0 Å². The zero-order valence-corrected chi connectivity index (χ0v) is 11.5. The molecule has 0 spiro atoms. The van der Waals surface area contributed by atoms with Crippen molar-refractivity contribution in [2.75, 3.05) is 13.1 Å². The van der Waals surface area contributed by atoms with E-state index >= 15 is 0 Å². The molecule has 0 saturated carbocycles. The summed E-state index contributed by atoms with van der Waals surface area (Å²) in [7, 11) is 0. The largest absolute Gasteiger partial charge is 0.469 e. The van der Waals surface area contributed by atoms with Crippen molar-refractivity contribution in [3.8, 4) is 0 Å². The number of nitrogens with one attached hydrogen (secondary N) is 2. The van der Waals surface area contributed by atoms with Crippen molar-refractivity contribution in [2.24, 2.45) is 0 Å². The van der Waals surface area contributed by atoms with Gasteiger partial charge in [-0.05, 0) is 44.9 Å². The molecule has 2 atom stereocenters. The minimum absolute atomic E-state index is 0.579. The quantitative estimate of drug-likeness (QED) is 0.815. The lowest BCUT2D eigenvalue weighted by atomic mass is 10.0. The van der Waals surface area contributed by atoms with Crippen molar-refractivity contribution in [3.05, 3.63) is 24.2 Å². The van der Waals surface area contributed by atoms with Gasteiger partial charge in [0.05, 0.1) is 6.26 Å². The summed E-state index contributed by atoms with van der Waals surface area (Å²) < 4.78 is 5.33. The highest BCUT2D eigenvalue weighted by Gasteiger charge is 2.14. The first-order valence-corrected chi connectivity index (χ1v) is 7.34. The minimum Gasteiger partial charge on any atom is -0.469 e. The molecular weight excluding hydrogens is 224 g/mol. The van der Waals surface area contributed by atoms with Crippen LogP contribution in [0.4, 0.5) is 0 Å². The molecule has 2 N–H and O–H groups in total. The third-order valence-electron chi connectivity index (χ3n) is 3.74. The first kappa shape index (κ1) is 13.6. The van der Waals surface area contributed by atoms with Crippen LogP contribution in [-0.2, 0) is 6.42 Å². The van der Waals surface area contributed by atoms with Crippen molar-refractivity contribution in [1.82, 2.24) is 10.6 Å². The Morgan fingerprint density at radius 2 is 2.39 bits per heavy atom. The second-order valence-corrected chi connectivity index (χ2v) is 5.42. The molecular formula is C15H26N2O. The molecule has 1 aromatic rings. The highest BCUT2D eigenvalue weighted by molar-refractivity contribution is 4.98. The Labute approximate surface area is 110 Å². The molecule has 1 aliphatic heterocycles. The average molecular weight is 250 g/mol. The lowest BCUT2D eigenvalue weighted by Gasteiger charge is -2.21. The fraction of sp³-hybridized carbons (Fsp3) is 0.733. The van der Waals surface area contributed by atoms with Gasteiger partial charge in [0.2, 0.25) is 0 Å². The molecule has 3 heteroatoms. The van der Waals surface area contributed by atoms with Gasteiger partial charge in [-0.2, -0.15) is 0 Å². The van der Waals surface area contributed by atoms with E-state index in [-0.39, 0.29) is 0 Å². The van der Waals surface area contributed by atoms with Gasteiger partial charge in [-0.1, -0.05) is 12.8 Å². The van der Waals surface area contributed by atoms with Gasteiger partial charge in [0, 0.05) is 25.0 Å². The van der Waals surface area contributed by atoms with Gasteiger partial charge in [0.15, 0.2) is 0 Å². The zero-order chi connectivity index (χ0) is 12.6. The van der Waals surface area contributed by atoms with E-state index in [9.17, 15) is 0 Å². The number of hydrogen-bond donors (Lipinski definition) is 2. The summed E-state index contributed by atoms with van der Waals surface area (Å²) in [6.07, 6.45) is 9.42. The van der Waals surface area contributed by atoms with Gasteiger partial charge in [0.1, 0.15) is 5.76 Å². The molecule has 2 rings (SSSR count). The Morgan fingerprint density at radius 1 is 1.44 bits per heavy atom. The topological polar surface area (TPSA) is 37.2 Å². The Bertz CT molecular complexity index is 302. The summed E-state index contributed by atoms with van der Waals surface area (Å²) in [5.41, 5.74) is 0. The molecule has 0 amide bonds. The van der Waals surface area contributed by atoms with Crippen LogP contribution in [0.2, 0.25) is 0 Å². The van der Waals surface area contributed by atoms with E-state index in [2.05, 4.69) is 17.6 Å². The summed E-state index contributed by atoms with van der Waals surface area (Å²) in [5, 5.41) is 7.25. The molecule has 3 nitrogen and oxygen atoms in total. The second-order valence-electron chi connectivity index (χ2n) is 5.42. The van der Waals surface area contributed by atoms with Crippen LogP contribution in [-0.4, -0.2) is 25.2 Å². The first-order chi connectivity index (χ1) is 8.84. The lowest BCUT2D eigenvalue weighted by Crippen LogP contribution is -2.37. The molecule has 18 heavy (non-hydrogen) atoms. The lowest BCUT2D eigenvalue weighted by molar-refractivity contribution is 0.399. The van der Waals surface area contributed by atoms with Gasteiger partial charge in [-0.3, -0.25) is 0 Å². The van der Waals surface area contributed by atoms with Crippen LogP contribution in [0.25, 0.3) is 0 Å². The maximum Gasteiger partial charge on any atom is 0.105 e. The molecule has 102 valence electrons. The summed E-state index contributed by atoms with van der Waals surface area (Å²) >= 11 is 0. The highest BCUT2D eigenvalue weighted by Crippen LogP contribution is 2.12. The van der Waals surface area contributed by atoms with Crippen molar-refractivity contribution in [2.45, 2.75) is 57.5 Å². The third kappa shape index (κ3) is 4.83. The molecule has 2 heterocycles. The van der Waals surface area contributed by atoms with Gasteiger partial charge in [-0.25, -0.2) is 0 Å². The zero-order valence-electron chi connectivity index (χ0n) is 11.5. The van der Waals surface area contributed by atoms with E-state index in [1.54, 1.807) is 6.26 Å². The molecule has 0 radical (unpaired) electrons. The van der Waals surface area contributed by atoms with Crippen LogP contribution < -0.4 is 10.6 Å². The molecule has 1 aromatic heterocycles. The fourth-order valence-electron chi connectivity index (χ4n) is 2.71. The molecule has 1 fully saturated rings. The van der Waals surface area contributed by atoms with Crippen molar-refractivity contribution < 1.29 is 4.42 Å². The van der Waals surface area contributed by atoms with Crippen molar-refractivity contribution >= 4 is 0 Å². The van der Waals surface area contributed by atoms with Gasteiger partial charge >= 0.3 is 0 Å². The maximum absolute atomic E-state index is 5.33. The van der Waals surface area contributed by atoms with Gasteiger partial charge in [-0.15, -0.1) is 0 Å². The Kier molecular flexibility index (Phi) is 5.75. The van der Waals surface area contributed by atoms with E-state index in [0.29, 0.717) is 12.1 Å². The number of rotatable bonds is 6. The highest BCUT2D eigenvalue weighted by atomic mass is 16.3. The third-order valence-corrected chi connectivity index (χ3v) is 3.74. The Morgan fingerprint density at radius 3 is 3.22 bits per heavy atom. The number of furan rings is 1. The maximum atomic E-state index is 5.33. The van der Waals surface area contributed by atoms with Crippen LogP contribution in [0.5, 0.6) is 0 Å². The van der Waals surface area contributed by atoms with Crippen molar-refractivity contribution in [1.29, 1.82) is 0 Å². The summed E-state index contributed by atoms with van der Waals surface area (Å²) in [4.78, 5) is 0. The van der Waals surface area contributed by atoms with E-state index in [1.165, 1.54) is 38.6 Å². The van der Waals surface area contributed by atoms with Gasteiger partial charge < -0.3 is 15.1 Å². The predicted molar refractivity (Wildman–Crippen MR) is 74.8 cm³/mol. The number of hydrogen-bond acceptors (Lipinski definition) is 3. The summed E-state index contributed by atoms with van der Waals surface area (Å²) in [5.74, 6) is 1.07. The average Bonchev–Trinajstić information content (AvgIpc) is 2.74. The molecule has 0 bridgehead atoms. The van der Waals surface area contributed by atoms with Crippen LogP contribution in [0.15, 0.2) is 22.8 Å². The Balaban J connectivity index is 1.60. The first-order valence-electron chi connectivity index (χ1n) is 7.34. The molecule has 1 saturated heterocycles. The Hall–Kier alpha value is -0.800. The summed E-state index contributed by atoms with van der Waals surface area (Å²) in [6.45, 7) is 4.49. The normalized spacial score (nSPS) is 22.6. The fourth-order valence-corrected chi connectivity index (χ4v) is 2.71. The molecule has 0 aromatic carbocycles. The van der Waals surface area contributed by atoms with E-state index < -0.39 is 0 Å². The molecule has 1 aliphatic rings. The SMILES string of the molecule is CC(CC1CCCCCN1)NCCc1ccco1. The predicted octanol–water partition coefficient (Wildman–Crippen LogP) is 2.72. The molecule has 2 unspecified atom stereocenters. The minimum atomic E-state index is 0.579. The monoisotopic (exact) mass is 250 g/mol.